The van der Waals surface area contributed by atoms with Gasteiger partial charge in [-0.05, 0) is 62.1 Å². The molecule has 2 atom stereocenters. The molecule has 0 heterocycles. The van der Waals surface area contributed by atoms with Crippen molar-refractivity contribution in [2.75, 3.05) is 24.2 Å². The molecule has 0 saturated carbocycles. The number of methoxy groups -OCH3 is 1. The van der Waals surface area contributed by atoms with Crippen LogP contribution in [0.1, 0.15) is 45.2 Å². The van der Waals surface area contributed by atoms with Crippen LogP contribution in [0.15, 0.2) is 48.5 Å². The third-order valence-corrected chi connectivity index (χ3v) is 7.11. The fraction of sp³-hybridized carbons (Fsp3) is 0.462. The number of amides is 2. The van der Waals surface area contributed by atoms with Crippen LogP contribution in [-0.4, -0.2) is 57.1 Å². The number of hydrogen-bond acceptors (Lipinski definition) is 5. The number of hydrogen-bond donors (Lipinski definition) is 1. The molecule has 2 aromatic rings. The maximum absolute atomic E-state index is 13.6. The Morgan fingerprint density at radius 2 is 1.69 bits per heavy atom. The zero-order valence-electron chi connectivity index (χ0n) is 21.4. The standard InChI is InChI=1S/C26H37N3O5S/c1-7-19(3)27-26(31)20(4)28(17-22-10-9-11-24(16-22)34-5)25(30)18-29(35(6,32)33)23-14-12-21(8-2)13-15-23/h9-16,19-20H,7-8,17-18H2,1-6H3,(H,27,31)/t19-,20-/m0/s1. The smallest absolute Gasteiger partial charge is 0.244 e. The zero-order chi connectivity index (χ0) is 26.2. The lowest BCUT2D eigenvalue weighted by Gasteiger charge is -2.32. The molecule has 2 rings (SSSR count). The SMILES string of the molecule is CCc1ccc(N(CC(=O)N(Cc2cccc(OC)c2)[C@@H](C)C(=O)N[C@@H](C)CC)S(C)(=O)=O)cc1. The third kappa shape index (κ3) is 7.99. The molecule has 0 unspecified atom stereocenters. The van der Waals surface area contributed by atoms with E-state index >= 15 is 0 Å². The Morgan fingerprint density at radius 3 is 2.23 bits per heavy atom. The summed E-state index contributed by atoms with van der Waals surface area (Å²) < 4.78 is 31.6. The van der Waals surface area contributed by atoms with Gasteiger partial charge in [0.1, 0.15) is 18.3 Å². The molecule has 1 N–H and O–H groups in total. The third-order valence-electron chi connectivity index (χ3n) is 5.97. The fourth-order valence-corrected chi connectivity index (χ4v) is 4.38. The Balaban J connectivity index is 2.39. The number of anilines is 1. The Kier molecular flexibility index (Phi) is 10.1. The van der Waals surface area contributed by atoms with Crippen LogP contribution < -0.4 is 14.4 Å². The summed E-state index contributed by atoms with van der Waals surface area (Å²) >= 11 is 0. The molecule has 2 aromatic carbocycles. The summed E-state index contributed by atoms with van der Waals surface area (Å²) in [6.07, 6.45) is 2.63. The second-order valence-electron chi connectivity index (χ2n) is 8.66. The first-order chi connectivity index (χ1) is 16.5. The molecule has 0 aliphatic heterocycles. The van der Waals surface area contributed by atoms with E-state index in [0.29, 0.717) is 11.4 Å². The van der Waals surface area contributed by atoms with Crippen molar-refractivity contribution in [1.82, 2.24) is 10.2 Å². The average Bonchev–Trinajstić information content (AvgIpc) is 2.84. The van der Waals surface area contributed by atoms with Gasteiger partial charge in [0.15, 0.2) is 0 Å². The predicted molar refractivity (Wildman–Crippen MR) is 139 cm³/mol. The van der Waals surface area contributed by atoms with Gasteiger partial charge < -0.3 is 15.0 Å². The molecule has 8 nitrogen and oxygen atoms in total. The van der Waals surface area contributed by atoms with Gasteiger partial charge in [0.2, 0.25) is 21.8 Å². The Morgan fingerprint density at radius 1 is 1.03 bits per heavy atom. The van der Waals surface area contributed by atoms with E-state index in [2.05, 4.69) is 5.32 Å². The van der Waals surface area contributed by atoms with Gasteiger partial charge in [0.05, 0.1) is 19.1 Å². The lowest BCUT2D eigenvalue weighted by atomic mass is 10.1. The van der Waals surface area contributed by atoms with Crippen LogP contribution in [-0.2, 0) is 32.6 Å². The Labute approximate surface area is 209 Å². The first-order valence-corrected chi connectivity index (χ1v) is 13.6. The van der Waals surface area contributed by atoms with Gasteiger partial charge in [-0.15, -0.1) is 0 Å². The highest BCUT2D eigenvalue weighted by molar-refractivity contribution is 7.92. The highest BCUT2D eigenvalue weighted by Crippen LogP contribution is 2.21. The highest BCUT2D eigenvalue weighted by Gasteiger charge is 2.30. The first kappa shape index (κ1) is 28.2. The molecule has 192 valence electrons. The largest absolute Gasteiger partial charge is 0.497 e. The van der Waals surface area contributed by atoms with Gasteiger partial charge in [-0.1, -0.05) is 38.1 Å². The van der Waals surface area contributed by atoms with Gasteiger partial charge >= 0.3 is 0 Å². The molecule has 0 radical (unpaired) electrons. The predicted octanol–water partition coefficient (Wildman–Crippen LogP) is 3.36. The van der Waals surface area contributed by atoms with Crippen molar-refractivity contribution in [2.24, 2.45) is 0 Å². The van der Waals surface area contributed by atoms with Gasteiger partial charge in [0, 0.05) is 12.6 Å². The summed E-state index contributed by atoms with van der Waals surface area (Å²) in [6.45, 7) is 7.21. The molecular weight excluding hydrogens is 466 g/mol. The summed E-state index contributed by atoms with van der Waals surface area (Å²) in [4.78, 5) is 27.9. The lowest BCUT2D eigenvalue weighted by molar-refractivity contribution is -0.139. The molecule has 35 heavy (non-hydrogen) atoms. The minimum absolute atomic E-state index is 0.0525. The van der Waals surface area contributed by atoms with Crippen molar-refractivity contribution in [3.8, 4) is 5.75 Å². The van der Waals surface area contributed by atoms with Crippen LogP contribution >= 0.6 is 0 Å². The van der Waals surface area contributed by atoms with Crippen LogP contribution in [0.2, 0.25) is 0 Å². The van der Waals surface area contributed by atoms with Crippen molar-refractivity contribution in [3.05, 3.63) is 59.7 Å². The number of aryl methyl sites for hydroxylation is 1. The van der Waals surface area contributed by atoms with E-state index in [1.807, 2.05) is 39.0 Å². The van der Waals surface area contributed by atoms with Gasteiger partial charge in [-0.2, -0.15) is 0 Å². The highest BCUT2D eigenvalue weighted by atomic mass is 32.2. The lowest BCUT2D eigenvalue weighted by Crippen LogP contribution is -2.52. The molecule has 0 aliphatic rings. The number of benzene rings is 2. The minimum atomic E-state index is -3.75. The van der Waals surface area contributed by atoms with Crippen LogP contribution in [0.25, 0.3) is 0 Å². The van der Waals surface area contributed by atoms with Crippen LogP contribution in [0.5, 0.6) is 5.75 Å². The second kappa shape index (κ2) is 12.6. The summed E-state index contributed by atoms with van der Waals surface area (Å²) in [6, 6.07) is 13.4. The van der Waals surface area contributed by atoms with E-state index < -0.39 is 28.5 Å². The fourth-order valence-electron chi connectivity index (χ4n) is 3.53. The van der Waals surface area contributed by atoms with Crippen LogP contribution in [0, 0.1) is 0 Å². The van der Waals surface area contributed by atoms with Crippen molar-refractivity contribution in [3.63, 3.8) is 0 Å². The second-order valence-corrected chi connectivity index (χ2v) is 10.6. The van der Waals surface area contributed by atoms with Crippen molar-refractivity contribution in [1.29, 1.82) is 0 Å². The summed E-state index contributed by atoms with van der Waals surface area (Å²) in [5, 5.41) is 2.91. The van der Waals surface area contributed by atoms with E-state index in [9.17, 15) is 18.0 Å². The molecule has 0 bridgehead atoms. The Hall–Kier alpha value is -3.07. The monoisotopic (exact) mass is 503 g/mol. The Bertz CT molecular complexity index is 1100. The first-order valence-electron chi connectivity index (χ1n) is 11.8. The van der Waals surface area contributed by atoms with E-state index in [-0.39, 0.29) is 18.5 Å². The van der Waals surface area contributed by atoms with Gasteiger partial charge in [0.25, 0.3) is 0 Å². The molecule has 2 amide bonds. The number of ether oxygens (including phenoxy) is 1. The minimum Gasteiger partial charge on any atom is -0.497 e. The normalized spacial score (nSPS) is 13.0. The van der Waals surface area contributed by atoms with Crippen molar-refractivity contribution in [2.45, 2.75) is 59.2 Å². The average molecular weight is 504 g/mol. The van der Waals surface area contributed by atoms with E-state index in [0.717, 1.165) is 34.5 Å². The number of rotatable bonds is 12. The van der Waals surface area contributed by atoms with Crippen molar-refractivity contribution < 1.29 is 22.7 Å². The van der Waals surface area contributed by atoms with Gasteiger partial charge in [-0.3, -0.25) is 13.9 Å². The summed E-state index contributed by atoms with van der Waals surface area (Å²) in [5.41, 5.74) is 2.22. The molecule has 0 aliphatic carbocycles. The van der Waals surface area contributed by atoms with Crippen molar-refractivity contribution >= 4 is 27.5 Å². The maximum Gasteiger partial charge on any atom is 0.244 e. The number of carbonyl (C=O) groups is 2. The quantitative estimate of drug-likeness (QED) is 0.479. The number of nitrogens with zero attached hydrogens (tertiary/aromatic N) is 2. The molecule has 0 aromatic heterocycles. The number of carbonyl (C=O) groups excluding carboxylic acids is 2. The van der Waals surface area contributed by atoms with Crippen LogP contribution in [0.3, 0.4) is 0 Å². The molecule has 9 heteroatoms. The molecule has 0 fully saturated rings. The summed E-state index contributed by atoms with van der Waals surface area (Å²) in [7, 11) is -2.20. The molecular formula is C26H37N3O5S. The van der Waals surface area contributed by atoms with E-state index in [1.165, 1.54) is 4.90 Å². The number of nitrogens with one attached hydrogen (secondary N) is 1. The van der Waals surface area contributed by atoms with E-state index in [1.54, 1.807) is 44.4 Å². The zero-order valence-corrected chi connectivity index (χ0v) is 22.3. The van der Waals surface area contributed by atoms with Crippen LogP contribution in [0.4, 0.5) is 5.69 Å². The molecule has 0 saturated heterocycles. The van der Waals surface area contributed by atoms with E-state index in [4.69, 9.17) is 4.74 Å². The maximum atomic E-state index is 13.6. The van der Waals surface area contributed by atoms with Gasteiger partial charge in [-0.25, -0.2) is 8.42 Å². The summed E-state index contributed by atoms with van der Waals surface area (Å²) in [5.74, 6) is -0.154. The number of sulfonamides is 1. The topological polar surface area (TPSA) is 96.0 Å². The molecule has 0 spiro atoms.